The van der Waals surface area contributed by atoms with Crippen LogP contribution >= 0.6 is 19.4 Å². The van der Waals surface area contributed by atoms with Gasteiger partial charge < -0.3 is 9.05 Å². The summed E-state index contributed by atoms with van der Waals surface area (Å²) in [6.45, 7) is 9.37. The summed E-state index contributed by atoms with van der Waals surface area (Å²) in [6.07, 6.45) is 0. The van der Waals surface area contributed by atoms with Crippen LogP contribution in [0.5, 0.6) is 0 Å². The quantitative estimate of drug-likeness (QED) is 0.510. The molecule has 0 unspecified atom stereocenters. The molecular weight excluding hydrogens is 207 g/mol. The fourth-order valence-corrected chi connectivity index (χ4v) is 2.64. The van der Waals surface area contributed by atoms with Crippen LogP contribution < -0.4 is 0 Å². The zero-order valence-corrected chi connectivity index (χ0v) is 9.91. The maximum Gasteiger partial charge on any atom is 0.361 e. The van der Waals surface area contributed by atoms with Gasteiger partial charge in [0.25, 0.3) is 0 Å². The third kappa shape index (κ3) is 3.31. The minimum Gasteiger partial charge on any atom is -0.309 e. The molecule has 0 N–H and O–H groups in total. The first kappa shape index (κ1) is 13.0. The molecule has 0 aliphatic carbocycles. The Hall–Kier alpha value is -0.0200. The highest BCUT2D eigenvalue weighted by atomic mass is 32.2. The number of thioether (sulfide) groups is 1. The second kappa shape index (κ2) is 5.66. The van der Waals surface area contributed by atoms with Gasteiger partial charge in [-0.15, -0.1) is 11.8 Å². The molecule has 0 atom stereocenters. The smallest absolute Gasteiger partial charge is 0.309 e. The van der Waals surface area contributed by atoms with Crippen LogP contribution in [0, 0.1) is 0 Å². The van der Waals surface area contributed by atoms with E-state index in [0.29, 0.717) is 10.2 Å². The average Bonchev–Trinajstić information content (AvgIpc) is 2.16. The van der Waals surface area contributed by atoms with Crippen molar-refractivity contribution in [2.75, 3.05) is 20.0 Å². The van der Waals surface area contributed by atoms with E-state index in [1.807, 2.05) is 6.92 Å². The molecule has 0 heterocycles. The number of allylic oxidation sites excluding steroid dienone is 1. The number of rotatable bonds is 6. The molecule has 0 bridgehead atoms. The molecule has 0 saturated heterocycles. The molecule has 0 aromatic heterocycles. The minimum atomic E-state index is -3.17. The van der Waals surface area contributed by atoms with Crippen LogP contribution in [-0.2, 0) is 13.6 Å². The Morgan fingerprint density at radius 1 is 1.38 bits per heavy atom. The zero-order chi connectivity index (χ0) is 10.5. The topological polar surface area (TPSA) is 35.5 Å². The van der Waals surface area contributed by atoms with E-state index in [1.54, 1.807) is 0 Å². The molecule has 0 aromatic rings. The fraction of sp³-hybridized carbons (Fsp3) is 0.500. The Morgan fingerprint density at radius 3 is 2.15 bits per heavy atom. The largest absolute Gasteiger partial charge is 0.361 e. The van der Waals surface area contributed by atoms with Crippen LogP contribution in [0.3, 0.4) is 0 Å². The lowest BCUT2D eigenvalue weighted by Crippen LogP contribution is -1.93. The van der Waals surface area contributed by atoms with Crippen LogP contribution in [0.4, 0.5) is 0 Å². The van der Waals surface area contributed by atoms with Gasteiger partial charge >= 0.3 is 7.60 Å². The first-order valence-corrected chi connectivity index (χ1v) is 6.27. The maximum absolute atomic E-state index is 11.7. The van der Waals surface area contributed by atoms with Gasteiger partial charge in [-0.2, -0.15) is 0 Å². The van der Waals surface area contributed by atoms with E-state index in [2.05, 4.69) is 13.2 Å². The Labute approximate surface area is 83.7 Å². The summed E-state index contributed by atoms with van der Waals surface area (Å²) in [6, 6.07) is 0. The van der Waals surface area contributed by atoms with Gasteiger partial charge in [-0.1, -0.05) is 20.1 Å². The van der Waals surface area contributed by atoms with Gasteiger partial charge in [-0.3, -0.25) is 4.57 Å². The van der Waals surface area contributed by atoms with Gasteiger partial charge in [-0.25, -0.2) is 0 Å². The normalized spacial score (nSPS) is 11.3. The zero-order valence-electron chi connectivity index (χ0n) is 8.20. The highest BCUT2D eigenvalue weighted by Gasteiger charge is 2.27. The second-order valence-corrected chi connectivity index (χ2v) is 5.79. The molecule has 0 aliphatic heterocycles. The minimum absolute atomic E-state index is 0.337. The summed E-state index contributed by atoms with van der Waals surface area (Å²) >= 11 is 1.47. The first-order chi connectivity index (χ1) is 6.01. The van der Waals surface area contributed by atoms with Gasteiger partial charge in [0.2, 0.25) is 0 Å². The van der Waals surface area contributed by atoms with Crippen molar-refractivity contribution in [2.24, 2.45) is 0 Å². The van der Waals surface area contributed by atoms with Gasteiger partial charge in [-0.05, 0) is 5.75 Å². The highest BCUT2D eigenvalue weighted by Crippen LogP contribution is 2.57. The average molecular weight is 222 g/mol. The fourth-order valence-electron chi connectivity index (χ4n) is 0.705. The molecule has 3 nitrogen and oxygen atoms in total. The van der Waals surface area contributed by atoms with E-state index in [0.717, 1.165) is 5.75 Å². The third-order valence-electron chi connectivity index (χ3n) is 1.45. The van der Waals surface area contributed by atoms with E-state index in [4.69, 9.17) is 9.05 Å². The summed E-state index contributed by atoms with van der Waals surface area (Å²) in [7, 11) is -0.507. The van der Waals surface area contributed by atoms with E-state index in [1.165, 1.54) is 26.0 Å². The summed E-state index contributed by atoms with van der Waals surface area (Å²) in [5.74, 6) is 0.852. The van der Waals surface area contributed by atoms with Crippen molar-refractivity contribution in [1.82, 2.24) is 0 Å². The molecule has 0 fully saturated rings. The van der Waals surface area contributed by atoms with Crippen LogP contribution in [0.25, 0.3) is 0 Å². The van der Waals surface area contributed by atoms with Crippen molar-refractivity contribution >= 4 is 19.4 Å². The second-order valence-electron chi connectivity index (χ2n) is 2.17. The van der Waals surface area contributed by atoms with Crippen LogP contribution in [0.15, 0.2) is 23.4 Å². The Bertz CT molecular complexity index is 242. The molecular formula is C8H15O3PS. The van der Waals surface area contributed by atoms with Gasteiger partial charge in [0.05, 0.1) is 5.31 Å². The summed E-state index contributed by atoms with van der Waals surface area (Å²) in [4.78, 5) is 0.648. The Morgan fingerprint density at radius 2 is 1.85 bits per heavy atom. The first-order valence-electron chi connectivity index (χ1n) is 3.74. The lowest BCUT2D eigenvalue weighted by Gasteiger charge is -2.16. The monoisotopic (exact) mass is 222 g/mol. The number of hydrogen-bond donors (Lipinski definition) is 0. The molecule has 5 heteroatoms. The van der Waals surface area contributed by atoms with Crippen LogP contribution in [-0.4, -0.2) is 20.0 Å². The van der Waals surface area contributed by atoms with Crippen LogP contribution in [0.2, 0.25) is 0 Å². The molecule has 0 aliphatic rings. The van der Waals surface area contributed by atoms with E-state index >= 15 is 0 Å². The van der Waals surface area contributed by atoms with E-state index in [-0.39, 0.29) is 0 Å². The summed E-state index contributed by atoms with van der Waals surface area (Å²) in [5.41, 5.74) is 0. The molecule has 0 spiro atoms. The Kier molecular flexibility index (Phi) is 5.65. The standard InChI is InChI=1S/C8H15O3PS/c1-6-13-8(3)7(2)12(9,10-4)11-5/h2-3,6H2,1,4-5H3. The van der Waals surface area contributed by atoms with E-state index < -0.39 is 7.60 Å². The van der Waals surface area contributed by atoms with Gasteiger partial charge in [0, 0.05) is 19.1 Å². The molecule has 0 aromatic carbocycles. The van der Waals surface area contributed by atoms with Gasteiger partial charge in [0.15, 0.2) is 0 Å². The van der Waals surface area contributed by atoms with Crippen molar-refractivity contribution in [3.63, 3.8) is 0 Å². The predicted octanol–water partition coefficient (Wildman–Crippen LogP) is 3.25. The predicted molar refractivity (Wildman–Crippen MR) is 58.0 cm³/mol. The molecule has 0 amide bonds. The highest BCUT2D eigenvalue weighted by molar-refractivity contribution is 8.03. The number of hydrogen-bond acceptors (Lipinski definition) is 4. The van der Waals surface area contributed by atoms with Crippen molar-refractivity contribution < 1.29 is 13.6 Å². The van der Waals surface area contributed by atoms with Crippen LogP contribution in [0.1, 0.15) is 6.92 Å². The molecule has 0 rings (SSSR count). The molecule has 0 saturated carbocycles. The summed E-state index contributed by atoms with van der Waals surface area (Å²) < 4.78 is 21.3. The molecule has 76 valence electrons. The SMILES string of the molecule is C=C(SCC)C(=C)P(=O)(OC)OC. The molecule has 13 heavy (non-hydrogen) atoms. The van der Waals surface area contributed by atoms with Crippen molar-refractivity contribution in [3.8, 4) is 0 Å². The van der Waals surface area contributed by atoms with Crippen molar-refractivity contribution in [2.45, 2.75) is 6.92 Å². The maximum atomic E-state index is 11.7. The van der Waals surface area contributed by atoms with E-state index in [9.17, 15) is 4.57 Å². The van der Waals surface area contributed by atoms with Crippen molar-refractivity contribution in [3.05, 3.63) is 23.4 Å². The molecule has 0 radical (unpaired) electrons. The Balaban J connectivity index is 4.57. The summed E-state index contributed by atoms with van der Waals surface area (Å²) in [5, 5.41) is 0.337. The lowest BCUT2D eigenvalue weighted by molar-refractivity contribution is 0.284. The lowest BCUT2D eigenvalue weighted by atomic mass is 10.6. The van der Waals surface area contributed by atoms with Gasteiger partial charge in [0.1, 0.15) is 0 Å². The third-order valence-corrected chi connectivity index (χ3v) is 4.38. The van der Waals surface area contributed by atoms with Crippen molar-refractivity contribution in [1.29, 1.82) is 0 Å².